The lowest BCUT2D eigenvalue weighted by Gasteiger charge is -2.17. The summed E-state index contributed by atoms with van der Waals surface area (Å²) in [5, 5.41) is 0. The highest BCUT2D eigenvalue weighted by Crippen LogP contribution is 2.28. The average molecular weight is 304 g/mol. The molecule has 1 fully saturated rings. The Bertz CT molecular complexity index is 803. The molecule has 0 amide bonds. The average Bonchev–Trinajstić information content (AvgIpc) is 2.50. The van der Waals surface area contributed by atoms with Gasteiger partial charge in [-0.25, -0.2) is 0 Å². The Morgan fingerprint density at radius 2 is 1.43 bits per heavy atom. The molecule has 0 aromatic heterocycles. The van der Waals surface area contributed by atoms with Crippen molar-refractivity contribution >= 4 is 29.3 Å². The van der Waals surface area contributed by atoms with Crippen molar-refractivity contribution in [2.45, 2.75) is 19.3 Å². The molecule has 1 saturated carbocycles. The third-order valence-electron chi connectivity index (χ3n) is 3.99. The fraction of sp³-hybridized carbons (Fsp3) is 0.150. The van der Waals surface area contributed by atoms with Gasteiger partial charge in [0.15, 0.2) is 5.78 Å². The molecule has 0 unspecified atom stereocenters. The largest absolute Gasteiger partial charge is 0.399 e. The minimum absolute atomic E-state index is 0.189. The van der Waals surface area contributed by atoms with Crippen LogP contribution in [0.3, 0.4) is 0 Å². The van der Waals surface area contributed by atoms with Gasteiger partial charge in [-0.1, -0.05) is 35.9 Å². The number of nitrogen functional groups attached to an aromatic ring is 2. The predicted molar refractivity (Wildman–Crippen MR) is 96.5 cm³/mol. The van der Waals surface area contributed by atoms with Crippen molar-refractivity contribution in [2.24, 2.45) is 0 Å². The molecule has 0 aliphatic heterocycles. The summed E-state index contributed by atoms with van der Waals surface area (Å²) in [5.41, 5.74) is 17.1. The third kappa shape index (κ3) is 3.89. The van der Waals surface area contributed by atoms with Crippen molar-refractivity contribution in [1.82, 2.24) is 0 Å². The van der Waals surface area contributed by atoms with Crippen LogP contribution < -0.4 is 11.5 Å². The van der Waals surface area contributed by atoms with Crippen LogP contribution in [0.4, 0.5) is 11.4 Å². The van der Waals surface area contributed by atoms with E-state index in [1.807, 2.05) is 54.6 Å². The van der Waals surface area contributed by atoms with Crippen molar-refractivity contribution in [2.75, 3.05) is 11.5 Å². The fourth-order valence-corrected chi connectivity index (χ4v) is 2.85. The summed E-state index contributed by atoms with van der Waals surface area (Å²) < 4.78 is 0. The zero-order valence-corrected chi connectivity index (χ0v) is 13.0. The molecule has 23 heavy (non-hydrogen) atoms. The van der Waals surface area contributed by atoms with E-state index in [0.717, 1.165) is 40.8 Å². The van der Waals surface area contributed by atoms with Crippen LogP contribution in [-0.4, -0.2) is 5.78 Å². The van der Waals surface area contributed by atoms with Crippen molar-refractivity contribution in [1.29, 1.82) is 0 Å². The summed E-state index contributed by atoms with van der Waals surface area (Å²) in [6.45, 7) is 0. The molecular formula is C20H20N2O. The monoisotopic (exact) mass is 304 g/mol. The molecule has 3 nitrogen and oxygen atoms in total. The molecule has 0 bridgehead atoms. The first-order valence-corrected chi connectivity index (χ1v) is 7.74. The normalized spacial score (nSPS) is 18.5. The molecule has 0 radical (unpaired) electrons. The number of anilines is 2. The van der Waals surface area contributed by atoms with Gasteiger partial charge < -0.3 is 11.5 Å². The van der Waals surface area contributed by atoms with Crippen LogP contribution >= 0.6 is 0 Å². The predicted octanol–water partition coefficient (Wildman–Crippen LogP) is 4.07. The first kappa shape index (κ1) is 15.1. The minimum Gasteiger partial charge on any atom is -0.399 e. The van der Waals surface area contributed by atoms with Gasteiger partial charge in [0.25, 0.3) is 0 Å². The Labute approximate surface area is 136 Å². The van der Waals surface area contributed by atoms with Crippen LogP contribution in [0.25, 0.3) is 12.2 Å². The number of rotatable bonds is 2. The van der Waals surface area contributed by atoms with E-state index in [2.05, 4.69) is 6.08 Å². The number of carbonyl (C=O) groups excluding carboxylic acids is 1. The molecular weight excluding hydrogens is 284 g/mol. The molecule has 3 rings (SSSR count). The van der Waals surface area contributed by atoms with E-state index < -0.39 is 0 Å². The maximum Gasteiger partial charge on any atom is 0.162 e. The van der Waals surface area contributed by atoms with E-state index in [9.17, 15) is 4.79 Å². The van der Waals surface area contributed by atoms with E-state index in [0.29, 0.717) is 12.1 Å². The Kier molecular flexibility index (Phi) is 4.29. The van der Waals surface area contributed by atoms with Crippen LogP contribution in [-0.2, 0) is 4.79 Å². The van der Waals surface area contributed by atoms with E-state index in [-0.39, 0.29) is 5.78 Å². The molecule has 2 aromatic rings. The summed E-state index contributed by atoms with van der Waals surface area (Å²) >= 11 is 0. The minimum atomic E-state index is 0.189. The van der Waals surface area contributed by atoms with E-state index in [1.165, 1.54) is 0 Å². The Morgan fingerprint density at radius 3 is 2.00 bits per heavy atom. The Balaban J connectivity index is 1.76. The van der Waals surface area contributed by atoms with E-state index >= 15 is 0 Å². The summed E-state index contributed by atoms with van der Waals surface area (Å²) in [7, 11) is 0. The second kappa shape index (κ2) is 6.53. The second-order valence-corrected chi connectivity index (χ2v) is 5.91. The second-order valence-electron chi connectivity index (χ2n) is 5.91. The zero-order chi connectivity index (χ0) is 16.2. The maximum absolute atomic E-state index is 12.4. The van der Waals surface area contributed by atoms with E-state index in [4.69, 9.17) is 11.5 Å². The van der Waals surface area contributed by atoms with Crippen molar-refractivity contribution in [3.8, 4) is 0 Å². The standard InChI is InChI=1S/C20H20N2O/c21-18-5-1-3-14(11-18)9-16-7-8-17(20(23)13-16)10-15-4-2-6-19(22)12-15/h1-6,9-12H,7-8,13,21-22H2. The van der Waals surface area contributed by atoms with E-state index in [1.54, 1.807) is 0 Å². The summed E-state index contributed by atoms with van der Waals surface area (Å²) in [5.74, 6) is 0.189. The number of ketones is 1. The van der Waals surface area contributed by atoms with Gasteiger partial charge in [0, 0.05) is 17.8 Å². The number of Topliss-reactive ketones (excluding diaryl/α,β-unsaturated/α-hetero) is 1. The highest BCUT2D eigenvalue weighted by Gasteiger charge is 2.18. The first-order chi connectivity index (χ1) is 11.1. The molecule has 2 aromatic carbocycles. The lowest BCUT2D eigenvalue weighted by atomic mass is 9.87. The number of allylic oxidation sites excluding steroid dienone is 2. The van der Waals surface area contributed by atoms with Crippen LogP contribution in [0.5, 0.6) is 0 Å². The number of nitrogens with two attached hydrogens (primary N) is 2. The number of hydrogen-bond acceptors (Lipinski definition) is 3. The van der Waals surface area contributed by atoms with Gasteiger partial charge in [0.1, 0.15) is 0 Å². The van der Waals surface area contributed by atoms with Crippen LogP contribution in [0.2, 0.25) is 0 Å². The highest BCUT2D eigenvalue weighted by molar-refractivity contribution is 6.02. The van der Waals surface area contributed by atoms with Crippen LogP contribution in [0, 0.1) is 0 Å². The van der Waals surface area contributed by atoms with Crippen molar-refractivity contribution in [3.05, 3.63) is 70.8 Å². The summed E-state index contributed by atoms with van der Waals surface area (Å²) in [6, 6.07) is 15.3. The molecule has 1 aliphatic rings. The highest BCUT2D eigenvalue weighted by atomic mass is 16.1. The van der Waals surface area contributed by atoms with Crippen molar-refractivity contribution in [3.63, 3.8) is 0 Å². The molecule has 116 valence electrons. The summed E-state index contributed by atoms with van der Waals surface area (Å²) in [4.78, 5) is 12.4. The Morgan fingerprint density at radius 1 is 0.826 bits per heavy atom. The topological polar surface area (TPSA) is 69.1 Å². The van der Waals surface area contributed by atoms with Gasteiger partial charge in [0.05, 0.1) is 0 Å². The SMILES string of the molecule is Nc1cccc(C=C2CCC(=Cc3cccc(N)c3)C(=O)C2)c1. The molecule has 0 saturated heterocycles. The number of carbonyl (C=O) groups is 1. The molecule has 1 aliphatic carbocycles. The molecule has 3 heteroatoms. The number of hydrogen-bond donors (Lipinski definition) is 2. The van der Waals surface area contributed by atoms with Gasteiger partial charge in [-0.05, 0) is 59.9 Å². The van der Waals surface area contributed by atoms with Gasteiger partial charge in [0.2, 0.25) is 0 Å². The van der Waals surface area contributed by atoms with Crippen LogP contribution in [0.1, 0.15) is 30.4 Å². The number of benzene rings is 2. The molecule has 0 spiro atoms. The third-order valence-corrected chi connectivity index (χ3v) is 3.99. The lowest BCUT2D eigenvalue weighted by Crippen LogP contribution is -2.10. The zero-order valence-electron chi connectivity index (χ0n) is 13.0. The van der Waals surface area contributed by atoms with Crippen molar-refractivity contribution < 1.29 is 4.79 Å². The lowest BCUT2D eigenvalue weighted by molar-refractivity contribution is -0.115. The Hall–Kier alpha value is -2.81. The smallest absolute Gasteiger partial charge is 0.162 e. The van der Waals surface area contributed by atoms with Gasteiger partial charge in [-0.15, -0.1) is 0 Å². The molecule has 4 N–H and O–H groups in total. The first-order valence-electron chi connectivity index (χ1n) is 7.74. The quantitative estimate of drug-likeness (QED) is 0.649. The fourth-order valence-electron chi connectivity index (χ4n) is 2.85. The molecule has 0 heterocycles. The summed E-state index contributed by atoms with van der Waals surface area (Å²) in [6.07, 6.45) is 6.17. The van der Waals surface area contributed by atoms with Crippen LogP contribution in [0.15, 0.2) is 59.7 Å². The van der Waals surface area contributed by atoms with Gasteiger partial charge >= 0.3 is 0 Å². The van der Waals surface area contributed by atoms with Gasteiger partial charge in [-0.3, -0.25) is 4.79 Å². The van der Waals surface area contributed by atoms with Gasteiger partial charge in [-0.2, -0.15) is 0 Å². The molecule has 0 atom stereocenters. The maximum atomic E-state index is 12.4.